The average molecular weight is 458 g/mol. The van der Waals surface area contributed by atoms with Crippen LogP contribution in [-0.2, 0) is 20.9 Å². The molecule has 2 atom stereocenters. The Morgan fingerprint density at radius 2 is 1.75 bits per heavy atom. The minimum atomic E-state index is -0.973. The second-order valence-corrected chi connectivity index (χ2v) is 9.16. The second kappa shape index (κ2) is 12.4. The number of thiophene rings is 1. The molecule has 0 saturated heterocycles. The van der Waals surface area contributed by atoms with Gasteiger partial charge in [0.15, 0.2) is 0 Å². The van der Waals surface area contributed by atoms with E-state index in [9.17, 15) is 14.4 Å². The fraction of sp³-hybridized carbons (Fsp3) is 0.458. The fourth-order valence-electron chi connectivity index (χ4n) is 3.96. The molecular formula is C24H31N3O4S. The van der Waals surface area contributed by atoms with E-state index in [1.165, 1.54) is 17.8 Å². The number of nitrogens with one attached hydrogen (secondary N) is 2. The summed E-state index contributed by atoms with van der Waals surface area (Å²) >= 11 is 1.32. The van der Waals surface area contributed by atoms with Crippen LogP contribution >= 0.6 is 11.3 Å². The van der Waals surface area contributed by atoms with Crippen LogP contribution in [0.25, 0.3) is 0 Å². The molecule has 1 saturated carbocycles. The first-order valence-electron chi connectivity index (χ1n) is 11.1. The highest BCUT2D eigenvalue weighted by molar-refractivity contribution is 7.12. The van der Waals surface area contributed by atoms with Crippen LogP contribution in [0.3, 0.4) is 0 Å². The van der Waals surface area contributed by atoms with Gasteiger partial charge in [0.1, 0.15) is 12.1 Å². The van der Waals surface area contributed by atoms with Crippen molar-refractivity contribution in [1.29, 1.82) is 0 Å². The Morgan fingerprint density at radius 1 is 1.00 bits per heavy atom. The zero-order valence-electron chi connectivity index (χ0n) is 18.1. The smallest absolute Gasteiger partial charge is 0.261 e. The second-order valence-electron chi connectivity index (χ2n) is 8.21. The highest BCUT2D eigenvalue weighted by Crippen LogP contribution is 2.27. The molecule has 3 rings (SSSR count). The molecule has 1 aliphatic carbocycles. The summed E-state index contributed by atoms with van der Waals surface area (Å²) in [6, 6.07) is 11.4. The molecule has 1 aliphatic rings. The molecule has 0 spiro atoms. The summed E-state index contributed by atoms with van der Waals surface area (Å²) in [5.74, 6) is -1.00. The lowest BCUT2D eigenvalue weighted by atomic mass is 9.84. The Balaban J connectivity index is 1.61. The van der Waals surface area contributed by atoms with Gasteiger partial charge in [-0.3, -0.25) is 14.4 Å². The van der Waals surface area contributed by atoms with Crippen LogP contribution in [0, 0.1) is 5.92 Å². The van der Waals surface area contributed by atoms with E-state index in [0.29, 0.717) is 23.8 Å². The molecule has 2 aromatic rings. The third-order valence-corrected chi connectivity index (χ3v) is 6.59. The van der Waals surface area contributed by atoms with Crippen LogP contribution in [0.15, 0.2) is 47.8 Å². The largest absolute Gasteiger partial charge is 0.374 e. The van der Waals surface area contributed by atoms with Gasteiger partial charge >= 0.3 is 0 Å². The monoisotopic (exact) mass is 457 g/mol. The predicted octanol–water partition coefficient (Wildman–Crippen LogP) is 3.00. The van der Waals surface area contributed by atoms with Gasteiger partial charge in [-0.2, -0.15) is 0 Å². The number of rotatable bonds is 11. The molecule has 1 aromatic heterocycles. The van der Waals surface area contributed by atoms with Crippen molar-refractivity contribution >= 4 is 29.1 Å². The SMILES string of the molecule is NC(=O)[C@H](COCc1ccccc1)NC(=O)[C@H](CC1CCCCC1)NC(=O)c1cccs1. The van der Waals surface area contributed by atoms with Gasteiger partial charge in [-0.1, -0.05) is 68.5 Å². The van der Waals surface area contributed by atoms with E-state index in [-0.39, 0.29) is 12.5 Å². The Hall–Kier alpha value is -2.71. The Kier molecular flexibility index (Phi) is 9.25. The summed E-state index contributed by atoms with van der Waals surface area (Å²) in [5, 5.41) is 7.37. The molecule has 0 aliphatic heterocycles. The number of ether oxygens (including phenoxy) is 1. The molecule has 8 heteroatoms. The standard InChI is InChI=1S/C24H31N3O4S/c25-22(28)20(16-31-15-18-10-5-2-6-11-18)27-23(29)19(14-17-8-3-1-4-9-17)26-24(30)21-12-7-13-32-21/h2,5-7,10-13,17,19-20H,1,3-4,8-9,14-16H2,(H2,25,28)(H,26,30)(H,27,29)/t19-,20-/m0/s1. The first kappa shape index (κ1) is 23.9. The van der Waals surface area contributed by atoms with Crippen molar-refractivity contribution in [3.8, 4) is 0 Å². The fourth-order valence-corrected chi connectivity index (χ4v) is 4.59. The third kappa shape index (κ3) is 7.46. The third-order valence-electron chi connectivity index (χ3n) is 5.72. The molecule has 1 fully saturated rings. The van der Waals surface area contributed by atoms with E-state index in [2.05, 4.69) is 10.6 Å². The molecule has 0 unspecified atom stereocenters. The first-order valence-corrected chi connectivity index (χ1v) is 12.0. The van der Waals surface area contributed by atoms with Gasteiger partial charge in [0, 0.05) is 0 Å². The molecule has 3 amide bonds. The summed E-state index contributed by atoms with van der Waals surface area (Å²) < 4.78 is 5.61. The van der Waals surface area contributed by atoms with Crippen molar-refractivity contribution < 1.29 is 19.1 Å². The molecule has 32 heavy (non-hydrogen) atoms. The lowest BCUT2D eigenvalue weighted by Gasteiger charge is -2.27. The van der Waals surface area contributed by atoms with Gasteiger partial charge in [-0.25, -0.2) is 0 Å². The molecule has 4 N–H and O–H groups in total. The quantitative estimate of drug-likeness (QED) is 0.482. The van der Waals surface area contributed by atoms with E-state index in [1.807, 2.05) is 35.7 Å². The lowest BCUT2D eigenvalue weighted by Crippen LogP contribution is -2.54. The molecule has 172 valence electrons. The minimum Gasteiger partial charge on any atom is -0.374 e. The number of hydrogen-bond donors (Lipinski definition) is 3. The van der Waals surface area contributed by atoms with E-state index in [1.54, 1.807) is 12.1 Å². The lowest BCUT2D eigenvalue weighted by molar-refractivity contribution is -0.130. The Labute approximate surface area is 192 Å². The topological polar surface area (TPSA) is 111 Å². The van der Waals surface area contributed by atoms with Crippen LogP contribution in [-0.4, -0.2) is 36.4 Å². The van der Waals surface area contributed by atoms with E-state index < -0.39 is 23.9 Å². The van der Waals surface area contributed by atoms with Gasteiger partial charge in [0.25, 0.3) is 5.91 Å². The van der Waals surface area contributed by atoms with Crippen molar-refractivity contribution in [2.75, 3.05) is 6.61 Å². The number of benzene rings is 1. The van der Waals surface area contributed by atoms with Crippen LogP contribution in [0.5, 0.6) is 0 Å². The summed E-state index contributed by atoms with van der Waals surface area (Å²) in [4.78, 5) is 38.2. The maximum absolute atomic E-state index is 13.1. The predicted molar refractivity (Wildman–Crippen MR) is 124 cm³/mol. The molecule has 0 bridgehead atoms. The van der Waals surface area contributed by atoms with E-state index in [0.717, 1.165) is 31.2 Å². The first-order chi connectivity index (χ1) is 15.5. The van der Waals surface area contributed by atoms with Crippen LogP contribution in [0.2, 0.25) is 0 Å². The van der Waals surface area contributed by atoms with Crippen molar-refractivity contribution in [3.63, 3.8) is 0 Å². The van der Waals surface area contributed by atoms with Gasteiger partial charge < -0.3 is 21.1 Å². The zero-order valence-corrected chi connectivity index (χ0v) is 18.9. The van der Waals surface area contributed by atoms with Gasteiger partial charge in [-0.05, 0) is 29.3 Å². The number of amides is 3. The number of carbonyl (C=O) groups is 3. The summed E-state index contributed by atoms with van der Waals surface area (Å²) in [5.41, 5.74) is 6.47. The van der Waals surface area contributed by atoms with Crippen molar-refractivity contribution in [1.82, 2.24) is 10.6 Å². The molecule has 7 nitrogen and oxygen atoms in total. The number of hydrogen-bond acceptors (Lipinski definition) is 5. The number of nitrogens with two attached hydrogens (primary N) is 1. The van der Waals surface area contributed by atoms with Crippen molar-refractivity contribution in [2.24, 2.45) is 11.7 Å². The normalized spacial score (nSPS) is 16.1. The van der Waals surface area contributed by atoms with Crippen molar-refractivity contribution in [2.45, 2.75) is 57.2 Å². The Bertz CT molecular complexity index is 867. The molecular weight excluding hydrogens is 426 g/mol. The number of primary amides is 1. The maximum atomic E-state index is 13.1. The molecule has 1 aromatic carbocycles. The highest BCUT2D eigenvalue weighted by atomic mass is 32.1. The van der Waals surface area contributed by atoms with Gasteiger partial charge in [-0.15, -0.1) is 11.3 Å². The maximum Gasteiger partial charge on any atom is 0.261 e. The molecule has 0 radical (unpaired) electrons. The van der Waals surface area contributed by atoms with Gasteiger partial charge in [0.05, 0.1) is 18.1 Å². The zero-order chi connectivity index (χ0) is 22.8. The van der Waals surface area contributed by atoms with Crippen LogP contribution < -0.4 is 16.4 Å². The van der Waals surface area contributed by atoms with E-state index >= 15 is 0 Å². The Morgan fingerprint density at radius 3 is 2.41 bits per heavy atom. The highest BCUT2D eigenvalue weighted by Gasteiger charge is 2.29. The van der Waals surface area contributed by atoms with Crippen molar-refractivity contribution in [3.05, 3.63) is 58.3 Å². The summed E-state index contributed by atoms with van der Waals surface area (Å²) in [6.07, 6.45) is 6.09. The summed E-state index contributed by atoms with van der Waals surface area (Å²) in [7, 11) is 0. The average Bonchev–Trinajstić information content (AvgIpc) is 3.34. The number of carbonyl (C=O) groups excluding carboxylic acids is 3. The van der Waals surface area contributed by atoms with Crippen LogP contribution in [0.4, 0.5) is 0 Å². The van der Waals surface area contributed by atoms with E-state index in [4.69, 9.17) is 10.5 Å². The van der Waals surface area contributed by atoms with Crippen LogP contribution in [0.1, 0.15) is 53.8 Å². The summed E-state index contributed by atoms with van der Waals surface area (Å²) in [6.45, 7) is 0.270. The van der Waals surface area contributed by atoms with Gasteiger partial charge in [0.2, 0.25) is 11.8 Å². The molecule has 1 heterocycles. The minimum absolute atomic E-state index is 0.0367.